The molecule has 14 heavy (non-hydrogen) atoms. The summed E-state index contributed by atoms with van der Waals surface area (Å²) in [5.74, 6) is 0.578. The zero-order valence-corrected chi connectivity index (χ0v) is 10.3. The molecule has 0 fully saturated rings. The van der Waals surface area contributed by atoms with Crippen molar-refractivity contribution in [2.75, 3.05) is 19.7 Å². The second-order valence-corrected chi connectivity index (χ2v) is 5.00. The molecule has 0 aromatic carbocycles. The van der Waals surface area contributed by atoms with E-state index in [1.807, 2.05) is 0 Å². The molecule has 0 spiro atoms. The lowest BCUT2D eigenvalue weighted by Crippen LogP contribution is -2.42. The molecule has 3 N–H and O–H groups in total. The van der Waals surface area contributed by atoms with Crippen LogP contribution in [0.25, 0.3) is 0 Å². The van der Waals surface area contributed by atoms with Crippen molar-refractivity contribution in [1.29, 1.82) is 0 Å². The minimum Gasteiger partial charge on any atom is -0.375 e. The average molecular weight is 202 g/mol. The number of hydrogen-bond donors (Lipinski definition) is 2. The lowest BCUT2D eigenvalue weighted by molar-refractivity contribution is -0.00194. The Kier molecular flexibility index (Phi) is 6.33. The van der Waals surface area contributed by atoms with Crippen molar-refractivity contribution >= 4 is 0 Å². The van der Waals surface area contributed by atoms with Crippen LogP contribution >= 0.6 is 0 Å². The molecule has 0 aliphatic carbocycles. The van der Waals surface area contributed by atoms with Crippen LogP contribution in [0.3, 0.4) is 0 Å². The van der Waals surface area contributed by atoms with Crippen LogP contribution in [0.4, 0.5) is 0 Å². The molecule has 0 amide bonds. The lowest BCUT2D eigenvalue weighted by atomic mass is 10.1. The molecule has 0 aromatic heterocycles. The molecule has 0 saturated heterocycles. The van der Waals surface area contributed by atoms with E-state index in [0.717, 1.165) is 13.2 Å². The van der Waals surface area contributed by atoms with Gasteiger partial charge in [0.25, 0.3) is 0 Å². The number of ether oxygens (including phenoxy) is 1. The van der Waals surface area contributed by atoms with Crippen molar-refractivity contribution in [2.45, 2.75) is 46.3 Å². The Balaban J connectivity index is 3.52. The predicted octanol–water partition coefficient (Wildman–Crippen LogP) is 1.37. The molecule has 0 bridgehead atoms. The molecule has 0 aromatic rings. The molecule has 0 radical (unpaired) electrons. The third-order valence-corrected chi connectivity index (χ3v) is 2.10. The van der Waals surface area contributed by atoms with Crippen LogP contribution in [-0.4, -0.2) is 31.3 Å². The van der Waals surface area contributed by atoms with Crippen molar-refractivity contribution in [2.24, 2.45) is 11.7 Å². The first-order chi connectivity index (χ1) is 6.37. The molecule has 86 valence electrons. The second kappa shape index (κ2) is 6.38. The Bertz CT molecular complexity index is 141. The molecule has 0 heterocycles. The van der Waals surface area contributed by atoms with Gasteiger partial charge in [0, 0.05) is 19.1 Å². The molecule has 1 unspecified atom stereocenters. The Hall–Kier alpha value is -0.120. The molecule has 0 aliphatic heterocycles. The summed E-state index contributed by atoms with van der Waals surface area (Å²) in [7, 11) is 0. The van der Waals surface area contributed by atoms with Crippen LogP contribution in [0, 0.1) is 5.92 Å². The smallest absolute Gasteiger partial charge is 0.0599 e. The van der Waals surface area contributed by atoms with Gasteiger partial charge in [-0.3, -0.25) is 0 Å². The van der Waals surface area contributed by atoms with E-state index in [4.69, 9.17) is 10.5 Å². The van der Waals surface area contributed by atoms with E-state index in [1.165, 1.54) is 0 Å². The maximum atomic E-state index is 5.64. The van der Waals surface area contributed by atoms with Gasteiger partial charge in [-0.2, -0.15) is 0 Å². The van der Waals surface area contributed by atoms with E-state index in [2.05, 4.69) is 39.9 Å². The van der Waals surface area contributed by atoms with Gasteiger partial charge in [0.2, 0.25) is 0 Å². The highest BCUT2D eigenvalue weighted by Gasteiger charge is 2.12. The third kappa shape index (κ3) is 7.30. The molecule has 0 saturated carbocycles. The van der Waals surface area contributed by atoms with Crippen molar-refractivity contribution in [3.05, 3.63) is 0 Å². The minimum atomic E-state index is -0.0439. The second-order valence-electron chi connectivity index (χ2n) is 5.00. The van der Waals surface area contributed by atoms with Crippen LogP contribution in [0.5, 0.6) is 0 Å². The van der Waals surface area contributed by atoms with E-state index in [0.29, 0.717) is 18.5 Å². The summed E-state index contributed by atoms with van der Waals surface area (Å²) in [6, 6.07) is 0.401. The molecule has 3 heteroatoms. The third-order valence-electron chi connectivity index (χ3n) is 2.10. The van der Waals surface area contributed by atoms with Crippen LogP contribution < -0.4 is 11.1 Å². The van der Waals surface area contributed by atoms with Gasteiger partial charge in [-0.15, -0.1) is 0 Å². The lowest BCUT2D eigenvalue weighted by Gasteiger charge is -2.23. The number of nitrogens with one attached hydrogen (secondary N) is 1. The highest BCUT2D eigenvalue weighted by atomic mass is 16.5. The SMILES string of the molecule is CC(C)C(CN)NCCOC(C)(C)C. The summed E-state index contributed by atoms with van der Waals surface area (Å²) < 4.78 is 5.60. The maximum absolute atomic E-state index is 5.64. The minimum absolute atomic E-state index is 0.0439. The Morgan fingerprint density at radius 1 is 1.29 bits per heavy atom. The first-order valence-corrected chi connectivity index (χ1v) is 5.44. The van der Waals surface area contributed by atoms with Crippen molar-refractivity contribution in [1.82, 2.24) is 5.32 Å². The first-order valence-electron chi connectivity index (χ1n) is 5.44. The zero-order valence-electron chi connectivity index (χ0n) is 10.3. The van der Waals surface area contributed by atoms with E-state index in [-0.39, 0.29) is 5.60 Å². The molecule has 0 rings (SSSR count). The fourth-order valence-electron chi connectivity index (χ4n) is 1.19. The normalized spacial score (nSPS) is 14.8. The van der Waals surface area contributed by atoms with Crippen molar-refractivity contribution in [3.63, 3.8) is 0 Å². The number of nitrogens with two attached hydrogens (primary N) is 1. The molecule has 1 atom stereocenters. The van der Waals surface area contributed by atoms with Gasteiger partial charge >= 0.3 is 0 Å². The van der Waals surface area contributed by atoms with Crippen LogP contribution in [0.2, 0.25) is 0 Å². The summed E-state index contributed by atoms with van der Waals surface area (Å²) in [5.41, 5.74) is 5.59. The van der Waals surface area contributed by atoms with Gasteiger partial charge in [0.1, 0.15) is 0 Å². The van der Waals surface area contributed by atoms with Gasteiger partial charge in [0.05, 0.1) is 12.2 Å². The summed E-state index contributed by atoms with van der Waals surface area (Å²) in [6.07, 6.45) is 0. The standard InChI is InChI=1S/C11H26N2O/c1-9(2)10(8-12)13-6-7-14-11(3,4)5/h9-10,13H,6-8,12H2,1-5H3. The van der Waals surface area contributed by atoms with Gasteiger partial charge in [-0.1, -0.05) is 13.8 Å². The highest BCUT2D eigenvalue weighted by molar-refractivity contribution is 4.71. The summed E-state index contributed by atoms with van der Waals surface area (Å²) in [6.45, 7) is 12.9. The van der Waals surface area contributed by atoms with Crippen LogP contribution in [-0.2, 0) is 4.74 Å². The maximum Gasteiger partial charge on any atom is 0.0599 e. The van der Waals surface area contributed by atoms with Crippen LogP contribution in [0.15, 0.2) is 0 Å². The van der Waals surface area contributed by atoms with E-state index >= 15 is 0 Å². The first kappa shape index (κ1) is 13.9. The number of rotatable bonds is 6. The van der Waals surface area contributed by atoms with E-state index in [9.17, 15) is 0 Å². The molecular weight excluding hydrogens is 176 g/mol. The van der Waals surface area contributed by atoms with E-state index in [1.54, 1.807) is 0 Å². The van der Waals surface area contributed by atoms with Gasteiger partial charge in [-0.05, 0) is 26.7 Å². The van der Waals surface area contributed by atoms with Crippen molar-refractivity contribution in [3.8, 4) is 0 Å². The Labute approximate surface area is 88.4 Å². The Morgan fingerprint density at radius 3 is 2.21 bits per heavy atom. The monoisotopic (exact) mass is 202 g/mol. The fraction of sp³-hybridized carbons (Fsp3) is 1.00. The molecular formula is C11H26N2O. The Morgan fingerprint density at radius 2 is 1.86 bits per heavy atom. The van der Waals surface area contributed by atoms with Gasteiger partial charge in [-0.25, -0.2) is 0 Å². The van der Waals surface area contributed by atoms with Gasteiger partial charge < -0.3 is 15.8 Å². The van der Waals surface area contributed by atoms with E-state index < -0.39 is 0 Å². The zero-order chi connectivity index (χ0) is 11.2. The van der Waals surface area contributed by atoms with Crippen LogP contribution in [0.1, 0.15) is 34.6 Å². The summed E-state index contributed by atoms with van der Waals surface area (Å²) in [4.78, 5) is 0. The highest BCUT2D eigenvalue weighted by Crippen LogP contribution is 2.05. The van der Waals surface area contributed by atoms with Gasteiger partial charge in [0.15, 0.2) is 0 Å². The summed E-state index contributed by atoms with van der Waals surface area (Å²) in [5, 5.41) is 3.39. The predicted molar refractivity (Wildman–Crippen MR) is 61.4 cm³/mol. The van der Waals surface area contributed by atoms with Crippen molar-refractivity contribution < 1.29 is 4.74 Å². The molecule has 3 nitrogen and oxygen atoms in total. The average Bonchev–Trinajstić information content (AvgIpc) is 2.01. The number of hydrogen-bond acceptors (Lipinski definition) is 3. The quantitative estimate of drug-likeness (QED) is 0.640. The summed E-state index contributed by atoms with van der Waals surface area (Å²) >= 11 is 0. The largest absolute Gasteiger partial charge is 0.375 e. The topological polar surface area (TPSA) is 47.3 Å². The molecule has 0 aliphatic rings. The fourth-order valence-corrected chi connectivity index (χ4v) is 1.19.